The zero-order valence-corrected chi connectivity index (χ0v) is 15.5. The molecular weight excluding hydrogens is 366 g/mol. The summed E-state index contributed by atoms with van der Waals surface area (Å²) < 4.78 is 7.34. The summed E-state index contributed by atoms with van der Waals surface area (Å²) in [6.45, 7) is 1.91. The molecule has 2 heterocycles. The number of fused-ring (bicyclic) bond motifs is 2. The fourth-order valence-electron chi connectivity index (χ4n) is 3.47. The Morgan fingerprint density at radius 1 is 1.22 bits per heavy atom. The number of benzene rings is 2. The van der Waals surface area contributed by atoms with Crippen molar-refractivity contribution in [1.29, 1.82) is 0 Å². The summed E-state index contributed by atoms with van der Waals surface area (Å²) >= 11 is 6.08. The number of hydrogen-bond acceptors (Lipinski definition) is 4. The number of halogens is 1. The largest absolute Gasteiger partial charge is 0.497 e. The van der Waals surface area contributed by atoms with Gasteiger partial charge in [0.05, 0.1) is 36.4 Å². The fraction of sp³-hybridized carbons (Fsp3) is 0.150. The van der Waals surface area contributed by atoms with Gasteiger partial charge in [-0.3, -0.25) is 4.79 Å². The number of aliphatic carboxylic acids is 1. The molecule has 0 aliphatic carbocycles. The minimum Gasteiger partial charge on any atom is -0.497 e. The third-order valence-electron chi connectivity index (χ3n) is 4.69. The monoisotopic (exact) mass is 381 g/mol. The van der Waals surface area contributed by atoms with Crippen molar-refractivity contribution in [3.63, 3.8) is 0 Å². The SMILES string of the molecule is COc1ccc2c(c1)c(CC(=O)O)c(C)n2-c1cnnc2cc(Cl)ccc12. The Morgan fingerprint density at radius 3 is 2.78 bits per heavy atom. The van der Waals surface area contributed by atoms with Gasteiger partial charge in [-0.1, -0.05) is 11.6 Å². The molecule has 6 nitrogen and oxygen atoms in total. The molecule has 136 valence electrons. The number of hydrogen-bond donors (Lipinski definition) is 1. The topological polar surface area (TPSA) is 77.2 Å². The molecule has 27 heavy (non-hydrogen) atoms. The molecule has 4 rings (SSSR count). The summed E-state index contributed by atoms with van der Waals surface area (Å²) in [5.41, 5.74) is 3.96. The first-order chi connectivity index (χ1) is 13.0. The van der Waals surface area contributed by atoms with Crippen LogP contribution in [0.1, 0.15) is 11.3 Å². The number of nitrogens with zero attached hydrogens (tertiary/aromatic N) is 3. The van der Waals surface area contributed by atoms with Crippen molar-refractivity contribution >= 4 is 39.4 Å². The molecule has 0 fully saturated rings. The zero-order valence-electron chi connectivity index (χ0n) is 14.7. The first kappa shape index (κ1) is 17.3. The predicted molar refractivity (Wildman–Crippen MR) is 104 cm³/mol. The van der Waals surface area contributed by atoms with Crippen LogP contribution in [0.3, 0.4) is 0 Å². The molecule has 4 aromatic rings. The smallest absolute Gasteiger partial charge is 0.307 e. The highest BCUT2D eigenvalue weighted by molar-refractivity contribution is 6.31. The molecule has 0 amide bonds. The molecule has 7 heteroatoms. The first-order valence-electron chi connectivity index (χ1n) is 8.30. The van der Waals surface area contributed by atoms with Crippen molar-refractivity contribution in [2.75, 3.05) is 7.11 Å². The Balaban J connectivity index is 2.08. The minimum absolute atomic E-state index is 0.0786. The van der Waals surface area contributed by atoms with Crippen molar-refractivity contribution in [3.05, 3.63) is 58.9 Å². The third-order valence-corrected chi connectivity index (χ3v) is 4.93. The fourth-order valence-corrected chi connectivity index (χ4v) is 3.64. The van der Waals surface area contributed by atoms with Gasteiger partial charge in [0.15, 0.2) is 0 Å². The van der Waals surface area contributed by atoms with Crippen LogP contribution in [0.4, 0.5) is 0 Å². The van der Waals surface area contributed by atoms with Crippen LogP contribution in [0, 0.1) is 6.92 Å². The molecule has 0 spiro atoms. The van der Waals surface area contributed by atoms with Gasteiger partial charge >= 0.3 is 5.97 Å². The van der Waals surface area contributed by atoms with Crippen LogP contribution < -0.4 is 4.74 Å². The molecular formula is C20H16ClN3O3. The molecule has 0 saturated heterocycles. The number of aromatic nitrogens is 3. The third kappa shape index (κ3) is 2.88. The minimum atomic E-state index is -0.885. The van der Waals surface area contributed by atoms with E-state index in [1.165, 1.54) is 0 Å². The molecule has 1 N–H and O–H groups in total. The molecule has 2 aromatic carbocycles. The number of ether oxygens (including phenoxy) is 1. The van der Waals surface area contributed by atoms with Crippen molar-refractivity contribution in [2.45, 2.75) is 13.3 Å². The highest BCUT2D eigenvalue weighted by Crippen LogP contribution is 2.34. The van der Waals surface area contributed by atoms with Crippen molar-refractivity contribution in [1.82, 2.24) is 14.8 Å². The van der Waals surface area contributed by atoms with E-state index in [1.807, 2.05) is 35.8 Å². The lowest BCUT2D eigenvalue weighted by molar-refractivity contribution is -0.136. The second kappa shape index (κ2) is 6.55. The Hall–Kier alpha value is -3.12. The van der Waals surface area contributed by atoms with E-state index >= 15 is 0 Å². The van der Waals surface area contributed by atoms with Crippen LogP contribution in [-0.2, 0) is 11.2 Å². The lowest BCUT2D eigenvalue weighted by Gasteiger charge is -2.11. The molecule has 2 aromatic heterocycles. The van der Waals surface area contributed by atoms with Crippen molar-refractivity contribution < 1.29 is 14.6 Å². The van der Waals surface area contributed by atoms with E-state index in [9.17, 15) is 9.90 Å². The number of methoxy groups -OCH3 is 1. The summed E-state index contributed by atoms with van der Waals surface area (Å²) in [6.07, 6.45) is 1.60. The number of carbonyl (C=O) groups is 1. The van der Waals surface area contributed by atoms with Crippen molar-refractivity contribution in [2.24, 2.45) is 0 Å². The second-order valence-electron chi connectivity index (χ2n) is 6.24. The molecule has 0 bridgehead atoms. The molecule has 0 saturated carbocycles. The van der Waals surface area contributed by atoms with Crippen LogP contribution in [-0.4, -0.2) is 33.0 Å². The highest BCUT2D eigenvalue weighted by Gasteiger charge is 2.19. The normalized spacial score (nSPS) is 11.2. The van der Waals surface area contributed by atoms with E-state index in [1.54, 1.807) is 25.4 Å². The van der Waals surface area contributed by atoms with E-state index in [4.69, 9.17) is 16.3 Å². The summed E-state index contributed by atoms with van der Waals surface area (Å²) in [7, 11) is 1.59. The number of carboxylic acids is 1. The molecule has 0 aliphatic rings. The van der Waals surface area contributed by atoms with Crippen LogP contribution in [0.25, 0.3) is 27.5 Å². The number of rotatable bonds is 4. The highest BCUT2D eigenvalue weighted by atomic mass is 35.5. The lowest BCUT2D eigenvalue weighted by Crippen LogP contribution is -2.04. The van der Waals surface area contributed by atoms with Crippen LogP contribution in [0.15, 0.2) is 42.6 Å². The van der Waals surface area contributed by atoms with Crippen LogP contribution in [0.5, 0.6) is 5.75 Å². The van der Waals surface area contributed by atoms with E-state index in [-0.39, 0.29) is 6.42 Å². The quantitative estimate of drug-likeness (QED) is 0.574. The maximum absolute atomic E-state index is 11.4. The summed E-state index contributed by atoms with van der Waals surface area (Å²) in [5, 5.41) is 20.0. The average Bonchev–Trinajstić information content (AvgIpc) is 2.91. The Bertz CT molecular complexity index is 1200. The van der Waals surface area contributed by atoms with Gasteiger partial charge in [-0.2, -0.15) is 10.2 Å². The summed E-state index contributed by atoms with van der Waals surface area (Å²) in [4.78, 5) is 11.4. The van der Waals surface area contributed by atoms with E-state index in [0.717, 1.165) is 33.2 Å². The predicted octanol–water partition coefficient (Wildman–Crippen LogP) is 4.17. The second-order valence-corrected chi connectivity index (χ2v) is 6.68. The van der Waals surface area contributed by atoms with Gasteiger partial charge in [-0.05, 0) is 48.9 Å². The van der Waals surface area contributed by atoms with Crippen molar-refractivity contribution in [3.8, 4) is 11.4 Å². The lowest BCUT2D eigenvalue weighted by atomic mass is 10.1. The number of carboxylic acid groups (broad SMARTS) is 1. The summed E-state index contributed by atoms with van der Waals surface area (Å²) in [6, 6.07) is 11.1. The van der Waals surface area contributed by atoms with Gasteiger partial charge in [-0.25, -0.2) is 0 Å². The summed E-state index contributed by atoms with van der Waals surface area (Å²) in [5.74, 6) is -0.208. The van der Waals surface area contributed by atoms with Gasteiger partial charge in [0, 0.05) is 21.5 Å². The first-order valence-corrected chi connectivity index (χ1v) is 8.68. The maximum Gasteiger partial charge on any atom is 0.307 e. The van der Waals surface area contributed by atoms with E-state index in [0.29, 0.717) is 16.3 Å². The van der Waals surface area contributed by atoms with E-state index in [2.05, 4.69) is 10.2 Å². The Labute approximate surface area is 160 Å². The Kier molecular flexibility index (Phi) is 4.20. The van der Waals surface area contributed by atoms with E-state index < -0.39 is 5.97 Å². The van der Waals surface area contributed by atoms with Crippen LogP contribution in [0.2, 0.25) is 5.02 Å². The van der Waals surface area contributed by atoms with Gasteiger partial charge in [-0.15, -0.1) is 0 Å². The standard InChI is InChI=1S/C20H16ClN3O3/c1-11-15(9-20(25)26)16-8-13(27-2)4-6-18(16)24(11)19-10-22-23-17-7-12(21)3-5-14(17)19/h3-8,10H,9H2,1-2H3,(H,25,26). The van der Waals surface area contributed by atoms with Crippen LogP contribution >= 0.6 is 11.6 Å². The molecule has 0 atom stereocenters. The average molecular weight is 382 g/mol. The zero-order chi connectivity index (χ0) is 19.1. The maximum atomic E-state index is 11.4. The Morgan fingerprint density at radius 2 is 2.04 bits per heavy atom. The molecule has 0 radical (unpaired) electrons. The van der Waals surface area contributed by atoms with Gasteiger partial charge < -0.3 is 14.4 Å². The van der Waals surface area contributed by atoms with Gasteiger partial charge in [0.2, 0.25) is 0 Å². The molecule has 0 unspecified atom stereocenters. The van der Waals surface area contributed by atoms with Gasteiger partial charge in [0.1, 0.15) is 5.75 Å². The van der Waals surface area contributed by atoms with Gasteiger partial charge in [0.25, 0.3) is 0 Å². The molecule has 0 aliphatic heterocycles.